The number of carbonyl (C=O) groups excluding carboxylic acids is 1. The van der Waals surface area contributed by atoms with Crippen molar-refractivity contribution in [3.63, 3.8) is 0 Å². The third kappa shape index (κ3) is 1.90. The first-order valence-corrected chi connectivity index (χ1v) is 4.50. The van der Waals surface area contributed by atoms with Crippen LogP contribution in [-0.2, 0) is 4.74 Å². The summed E-state index contributed by atoms with van der Waals surface area (Å²) in [7, 11) is 1.05. The van der Waals surface area contributed by atoms with E-state index in [1.54, 1.807) is 0 Å². The Kier molecular flexibility index (Phi) is 2.53. The Bertz CT molecular complexity index is 544. The topological polar surface area (TPSA) is 87.9 Å². The molecule has 0 saturated carbocycles. The van der Waals surface area contributed by atoms with Crippen LogP contribution in [0.1, 0.15) is 10.4 Å². The Morgan fingerprint density at radius 3 is 2.67 bits per heavy atom. The fourth-order valence-electron chi connectivity index (χ4n) is 1.40. The standard InChI is InChI=1S/C9H5F2NO6/c1-16-8(13)4-2-5(12(14)15)7-6(3-4)17-9(10,11)18-7/h2-3H,1H3. The number of hydrogen-bond acceptors (Lipinski definition) is 6. The van der Waals surface area contributed by atoms with Crippen molar-refractivity contribution in [1.82, 2.24) is 0 Å². The fraction of sp³-hybridized carbons (Fsp3) is 0.222. The highest BCUT2D eigenvalue weighted by Gasteiger charge is 2.47. The molecule has 1 aromatic rings. The lowest BCUT2D eigenvalue weighted by Crippen LogP contribution is -2.26. The van der Waals surface area contributed by atoms with Crippen LogP contribution in [0.25, 0.3) is 0 Å². The van der Waals surface area contributed by atoms with Crippen LogP contribution in [0.3, 0.4) is 0 Å². The summed E-state index contributed by atoms with van der Waals surface area (Å²) in [4.78, 5) is 21.0. The highest BCUT2D eigenvalue weighted by Crippen LogP contribution is 2.47. The summed E-state index contributed by atoms with van der Waals surface area (Å²) in [6.07, 6.45) is -4.00. The SMILES string of the molecule is COC(=O)c1cc2c(c([N+](=O)[O-])c1)OC(F)(F)O2. The molecule has 1 aromatic carbocycles. The molecule has 1 heterocycles. The summed E-state index contributed by atoms with van der Waals surface area (Å²) >= 11 is 0. The lowest BCUT2D eigenvalue weighted by molar-refractivity contribution is -0.387. The van der Waals surface area contributed by atoms with E-state index < -0.39 is 34.4 Å². The molecule has 7 nitrogen and oxygen atoms in total. The number of alkyl halides is 2. The number of benzene rings is 1. The van der Waals surface area contributed by atoms with Crippen LogP contribution < -0.4 is 9.47 Å². The van der Waals surface area contributed by atoms with Gasteiger partial charge in [-0.2, -0.15) is 0 Å². The Morgan fingerprint density at radius 1 is 1.44 bits per heavy atom. The molecule has 1 aliphatic heterocycles. The molecule has 0 amide bonds. The zero-order valence-electron chi connectivity index (χ0n) is 8.81. The molecular formula is C9H5F2NO6. The average molecular weight is 261 g/mol. The van der Waals surface area contributed by atoms with Gasteiger partial charge in [0.25, 0.3) is 0 Å². The first-order valence-electron chi connectivity index (χ1n) is 4.50. The molecule has 0 unspecified atom stereocenters. The van der Waals surface area contributed by atoms with Crippen LogP contribution in [0.2, 0.25) is 0 Å². The second-order valence-electron chi connectivity index (χ2n) is 3.24. The van der Waals surface area contributed by atoms with Gasteiger partial charge in [0.1, 0.15) is 0 Å². The van der Waals surface area contributed by atoms with E-state index in [1.807, 2.05) is 0 Å². The Hall–Kier alpha value is -2.45. The van der Waals surface area contributed by atoms with Crippen LogP contribution in [0.4, 0.5) is 14.5 Å². The Balaban J connectivity index is 2.57. The third-order valence-corrected chi connectivity index (χ3v) is 2.10. The minimum Gasteiger partial charge on any atom is -0.465 e. The first kappa shape index (κ1) is 12.0. The predicted molar refractivity (Wildman–Crippen MR) is 50.6 cm³/mol. The van der Waals surface area contributed by atoms with Crippen LogP contribution in [-0.4, -0.2) is 24.3 Å². The second-order valence-corrected chi connectivity index (χ2v) is 3.24. The summed E-state index contributed by atoms with van der Waals surface area (Å²) in [5.41, 5.74) is -1.09. The van der Waals surface area contributed by atoms with Gasteiger partial charge in [-0.05, 0) is 6.07 Å². The van der Waals surface area contributed by atoms with Crippen molar-refractivity contribution in [3.8, 4) is 11.5 Å². The summed E-state index contributed by atoms with van der Waals surface area (Å²) in [6, 6.07) is 1.66. The molecule has 0 radical (unpaired) electrons. The molecule has 96 valence electrons. The largest absolute Gasteiger partial charge is 0.586 e. The van der Waals surface area contributed by atoms with Gasteiger partial charge >= 0.3 is 18.0 Å². The Morgan fingerprint density at radius 2 is 2.11 bits per heavy atom. The third-order valence-electron chi connectivity index (χ3n) is 2.10. The number of halogens is 2. The molecule has 0 saturated heterocycles. The van der Waals surface area contributed by atoms with E-state index in [2.05, 4.69) is 14.2 Å². The number of nitrogens with zero attached hydrogens (tertiary/aromatic N) is 1. The monoisotopic (exact) mass is 261 g/mol. The molecule has 1 aliphatic rings. The van der Waals surface area contributed by atoms with Crippen molar-refractivity contribution in [1.29, 1.82) is 0 Å². The summed E-state index contributed by atoms with van der Waals surface area (Å²) in [5, 5.41) is 10.7. The number of nitro benzene ring substituents is 1. The molecule has 0 N–H and O–H groups in total. The highest BCUT2D eigenvalue weighted by atomic mass is 19.3. The fourth-order valence-corrected chi connectivity index (χ4v) is 1.40. The lowest BCUT2D eigenvalue weighted by Gasteiger charge is -2.04. The number of methoxy groups -OCH3 is 1. The molecule has 0 fully saturated rings. The maximum absolute atomic E-state index is 12.8. The molecular weight excluding hydrogens is 256 g/mol. The zero-order valence-corrected chi connectivity index (χ0v) is 8.81. The van der Waals surface area contributed by atoms with Crippen molar-refractivity contribution in [2.24, 2.45) is 0 Å². The molecule has 0 aromatic heterocycles. The molecule has 0 bridgehead atoms. The summed E-state index contributed by atoms with van der Waals surface area (Å²) < 4.78 is 38.0. The number of hydrogen-bond donors (Lipinski definition) is 0. The van der Waals surface area contributed by atoms with Gasteiger partial charge < -0.3 is 14.2 Å². The predicted octanol–water partition coefficient (Wildman–Crippen LogP) is 1.70. The minimum absolute atomic E-state index is 0.288. The maximum atomic E-state index is 12.8. The number of rotatable bonds is 2. The van der Waals surface area contributed by atoms with Crippen molar-refractivity contribution >= 4 is 11.7 Å². The minimum atomic E-state index is -4.00. The summed E-state index contributed by atoms with van der Waals surface area (Å²) in [5.74, 6) is -2.23. The van der Waals surface area contributed by atoms with Crippen molar-refractivity contribution in [2.45, 2.75) is 6.29 Å². The number of ether oxygens (including phenoxy) is 3. The van der Waals surface area contributed by atoms with E-state index in [-0.39, 0.29) is 5.56 Å². The molecule has 18 heavy (non-hydrogen) atoms. The van der Waals surface area contributed by atoms with Crippen molar-refractivity contribution in [3.05, 3.63) is 27.8 Å². The molecule has 0 aliphatic carbocycles. The van der Waals surface area contributed by atoms with E-state index in [0.717, 1.165) is 19.2 Å². The van der Waals surface area contributed by atoms with Gasteiger partial charge in [-0.15, -0.1) is 8.78 Å². The van der Waals surface area contributed by atoms with Crippen molar-refractivity contribution in [2.75, 3.05) is 7.11 Å². The molecule has 2 rings (SSSR count). The van der Waals surface area contributed by atoms with Gasteiger partial charge in [0.2, 0.25) is 5.75 Å². The van der Waals surface area contributed by atoms with E-state index in [0.29, 0.717) is 0 Å². The van der Waals surface area contributed by atoms with Gasteiger partial charge in [0.15, 0.2) is 5.75 Å². The molecule has 0 spiro atoms. The Labute approximate surface area is 98.0 Å². The van der Waals surface area contributed by atoms with Gasteiger partial charge in [-0.3, -0.25) is 10.1 Å². The highest BCUT2D eigenvalue weighted by molar-refractivity contribution is 5.91. The average Bonchev–Trinajstić information content (AvgIpc) is 2.59. The molecule has 9 heteroatoms. The summed E-state index contributed by atoms with van der Waals surface area (Å²) in [6.45, 7) is 0. The smallest absolute Gasteiger partial charge is 0.465 e. The molecule has 0 atom stereocenters. The second kappa shape index (κ2) is 3.79. The number of carbonyl (C=O) groups is 1. The first-order chi connectivity index (χ1) is 8.34. The normalized spacial score (nSPS) is 15.3. The maximum Gasteiger partial charge on any atom is 0.586 e. The number of nitro groups is 1. The van der Waals surface area contributed by atoms with Crippen molar-refractivity contribution < 1.29 is 32.7 Å². The van der Waals surface area contributed by atoms with E-state index in [4.69, 9.17) is 0 Å². The van der Waals surface area contributed by atoms with Gasteiger partial charge in [-0.25, -0.2) is 4.79 Å². The quantitative estimate of drug-likeness (QED) is 0.457. The van der Waals surface area contributed by atoms with Crippen LogP contribution in [0, 0.1) is 10.1 Å². The van der Waals surface area contributed by atoms with Crippen LogP contribution in [0.15, 0.2) is 12.1 Å². The van der Waals surface area contributed by atoms with E-state index in [1.165, 1.54) is 0 Å². The number of fused-ring (bicyclic) bond motifs is 1. The van der Waals surface area contributed by atoms with E-state index >= 15 is 0 Å². The van der Waals surface area contributed by atoms with Crippen LogP contribution in [0.5, 0.6) is 11.5 Å². The van der Waals surface area contributed by atoms with Gasteiger partial charge in [-0.1, -0.05) is 0 Å². The lowest BCUT2D eigenvalue weighted by atomic mass is 10.1. The van der Waals surface area contributed by atoms with Crippen LogP contribution >= 0.6 is 0 Å². The van der Waals surface area contributed by atoms with Gasteiger partial charge in [0, 0.05) is 6.07 Å². The van der Waals surface area contributed by atoms with Gasteiger partial charge in [0.05, 0.1) is 17.6 Å². The van der Waals surface area contributed by atoms with E-state index in [9.17, 15) is 23.7 Å². The number of esters is 1. The zero-order chi connectivity index (χ0) is 13.5.